The molecule has 2 N–H and O–H groups in total. The van der Waals surface area contributed by atoms with Crippen LogP contribution in [0.1, 0.15) is 37.6 Å². The predicted octanol–water partition coefficient (Wildman–Crippen LogP) is 3.45. The van der Waals surface area contributed by atoms with Gasteiger partial charge in [0.1, 0.15) is 0 Å². The van der Waals surface area contributed by atoms with Crippen molar-refractivity contribution in [3.63, 3.8) is 0 Å². The highest BCUT2D eigenvalue weighted by Crippen LogP contribution is 2.25. The Morgan fingerprint density at radius 3 is 2.88 bits per heavy atom. The van der Waals surface area contributed by atoms with Gasteiger partial charge in [0.15, 0.2) is 0 Å². The number of hydrogen-bond donors (Lipinski definition) is 2. The van der Waals surface area contributed by atoms with Crippen molar-refractivity contribution in [3.05, 3.63) is 41.7 Å². The van der Waals surface area contributed by atoms with Crippen molar-refractivity contribution < 1.29 is 4.79 Å². The molecule has 2 heterocycles. The maximum Gasteiger partial charge on any atom is 0.224 e. The normalized spacial score (nSPS) is 18.8. The molecule has 0 bridgehead atoms. The fourth-order valence-electron chi connectivity index (χ4n) is 3.66. The van der Waals surface area contributed by atoms with Crippen molar-refractivity contribution in [1.29, 1.82) is 0 Å². The highest BCUT2D eigenvalue weighted by molar-refractivity contribution is 5.93. The van der Waals surface area contributed by atoms with E-state index in [1.54, 1.807) is 0 Å². The lowest BCUT2D eigenvalue weighted by Crippen LogP contribution is -2.34. The molecule has 1 aromatic carbocycles. The topological polar surface area (TPSA) is 59.0 Å². The van der Waals surface area contributed by atoms with Crippen molar-refractivity contribution in [2.75, 3.05) is 18.4 Å². The first-order valence-corrected chi connectivity index (χ1v) is 9.18. The molecule has 1 saturated heterocycles. The maximum absolute atomic E-state index is 12.6. The average Bonchev–Trinajstić information content (AvgIpc) is 2.94. The summed E-state index contributed by atoms with van der Waals surface area (Å²) in [5.74, 6) is 1.05. The number of benzene rings is 1. The average molecular weight is 340 g/mol. The molecule has 0 aliphatic carbocycles. The summed E-state index contributed by atoms with van der Waals surface area (Å²) in [5, 5.41) is 11.1. The minimum atomic E-state index is 0.0760. The number of nitrogens with zero attached hydrogens (tertiary/aromatic N) is 2. The number of rotatable bonds is 5. The van der Waals surface area contributed by atoms with E-state index >= 15 is 0 Å². The molecule has 1 aromatic heterocycles. The van der Waals surface area contributed by atoms with Gasteiger partial charge in [-0.3, -0.25) is 4.79 Å². The van der Waals surface area contributed by atoms with E-state index in [9.17, 15) is 4.79 Å². The number of aromatic nitrogens is 2. The number of nitrogens with one attached hydrogen (secondary N) is 2. The van der Waals surface area contributed by atoms with E-state index in [0.717, 1.165) is 35.9 Å². The van der Waals surface area contributed by atoms with Crippen LogP contribution in [-0.2, 0) is 4.79 Å². The molecule has 1 aliphatic rings. The zero-order valence-corrected chi connectivity index (χ0v) is 15.4. The number of carbonyl (C=O) groups is 1. The van der Waals surface area contributed by atoms with Gasteiger partial charge >= 0.3 is 0 Å². The van der Waals surface area contributed by atoms with Crippen molar-refractivity contribution in [2.45, 2.75) is 40.0 Å². The third kappa shape index (κ3) is 4.28. The largest absolute Gasteiger partial charge is 0.324 e. The summed E-state index contributed by atoms with van der Waals surface area (Å²) in [6.45, 7) is 8.31. The summed E-state index contributed by atoms with van der Waals surface area (Å²) in [6, 6.07) is 9.88. The standard InChI is InChI=1S/C20H28N4O/c1-14(17-7-6-10-21-13-17)11-20(25)22-18-8-4-5-9-19(18)24-16(3)12-15(2)23-24/h4-5,8-9,12,14,17,21H,6-7,10-11,13H2,1-3H3,(H,22,25). The lowest BCUT2D eigenvalue weighted by atomic mass is 9.85. The van der Waals surface area contributed by atoms with E-state index in [1.165, 1.54) is 12.8 Å². The molecule has 0 radical (unpaired) electrons. The highest BCUT2D eigenvalue weighted by atomic mass is 16.1. The fraction of sp³-hybridized carbons (Fsp3) is 0.500. The molecular formula is C20H28N4O. The van der Waals surface area contributed by atoms with Gasteiger partial charge in [0.05, 0.1) is 17.1 Å². The number of carbonyl (C=O) groups excluding carboxylic acids is 1. The lowest BCUT2D eigenvalue weighted by Gasteiger charge is -2.28. The zero-order chi connectivity index (χ0) is 17.8. The van der Waals surface area contributed by atoms with E-state index in [1.807, 2.05) is 48.9 Å². The second-order valence-corrected chi connectivity index (χ2v) is 7.19. The number of anilines is 1. The smallest absolute Gasteiger partial charge is 0.224 e. The summed E-state index contributed by atoms with van der Waals surface area (Å²) in [4.78, 5) is 12.6. The van der Waals surface area contributed by atoms with Gasteiger partial charge in [0.25, 0.3) is 0 Å². The van der Waals surface area contributed by atoms with Crippen LogP contribution in [0.15, 0.2) is 30.3 Å². The third-order valence-electron chi connectivity index (χ3n) is 5.06. The Morgan fingerprint density at radius 1 is 1.40 bits per heavy atom. The summed E-state index contributed by atoms with van der Waals surface area (Å²) in [7, 11) is 0. The van der Waals surface area contributed by atoms with Crippen LogP contribution in [-0.4, -0.2) is 28.8 Å². The Balaban J connectivity index is 1.70. The molecule has 0 saturated carbocycles. The molecule has 5 nitrogen and oxygen atoms in total. The van der Waals surface area contributed by atoms with Crippen molar-refractivity contribution >= 4 is 11.6 Å². The molecule has 2 atom stereocenters. The van der Waals surface area contributed by atoms with Crippen molar-refractivity contribution in [1.82, 2.24) is 15.1 Å². The zero-order valence-electron chi connectivity index (χ0n) is 15.4. The van der Waals surface area contributed by atoms with E-state index < -0.39 is 0 Å². The first-order chi connectivity index (χ1) is 12.0. The van der Waals surface area contributed by atoms with Gasteiger partial charge in [-0.2, -0.15) is 5.10 Å². The van der Waals surface area contributed by atoms with Crippen LogP contribution >= 0.6 is 0 Å². The van der Waals surface area contributed by atoms with Gasteiger partial charge in [-0.1, -0.05) is 19.1 Å². The summed E-state index contributed by atoms with van der Waals surface area (Å²) < 4.78 is 1.89. The Morgan fingerprint density at radius 2 is 2.20 bits per heavy atom. The fourth-order valence-corrected chi connectivity index (χ4v) is 3.66. The first kappa shape index (κ1) is 17.7. The first-order valence-electron chi connectivity index (χ1n) is 9.18. The molecular weight excluding hydrogens is 312 g/mol. The quantitative estimate of drug-likeness (QED) is 0.876. The van der Waals surface area contributed by atoms with Crippen LogP contribution in [0.3, 0.4) is 0 Å². The summed E-state index contributed by atoms with van der Waals surface area (Å²) in [5.41, 5.74) is 3.75. The molecule has 2 aromatic rings. The summed E-state index contributed by atoms with van der Waals surface area (Å²) in [6.07, 6.45) is 2.97. The number of hydrogen-bond acceptors (Lipinski definition) is 3. The van der Waals surface area contributed by atoms with Crippen LogP contribution in [0.4, 0.5) is 5.69 Å². The van der Waals surface area contributed by atoms with Crippen LogP contribution in [0.5, 0.6) is 0 Å². The van der Waals surface area contributed by atoms with Crippen molar-refractivity contribution in [3.8, 4) is 5.69 Å². The van der Waals surface area contributed by atoms with Crippen LogP contribution in [0.2, 0.25) is 0 Å². The lowest BCUT2D eigenvalue weighted by molar-refractivity contribution is -0.117. The van der Waals surface area contributed by atoms with Crippen LogP contribution in [0.25, 0.3) is 5.69 Å². The number of para-hydroxylation sites is 2. The van der Waals surface area contributed by atoms with E-state index in [4.69, 9.17) is 0 Å². The minimum Gasteiger partial charge on any atom is -0.324 e. The third-order valence-corrected chi connectivity index (χ3v) is 5.06. The SMILES string of the molecule is Cc1cc(C)n(-c2ccccc2NC(=O)CC(C)C2CCCNC2)n1. The molecule has 25 heavy (non-hydrogen) atoms. The van der Waals surface area contributed by atoms with Gasteiger partial charge in [-0.05, 0) is 69.8 Å². The molecule has 134 valence electrons. The minimum absolute atomic E-state index is 0.0760. The maximum atomic E-state index is 12.6. The second kappa shape index (κ2) is 7.83. The monoisotopic (exact) mass is 340 g/mol. The predicted molar refractivity (Wildman–Crippen MR) is 101 cm³/mol. The van der Waals surface area contributed by atoms with Crippen molar-refractivity contribution in [2.24, 2.45) is 11.8 Å². The Labute approximate surface area is 149 Å². The van der Waals surface area contributed by atoms with Crippen LogP contribution < -0.4 is 10.6 Å². The van der Waals surface area contributed by atoms with Gasteiger partial charge in [0, 0.05) is 12.1 Å². The highest BCUT2D eigenvalue weighted by Gasteiger charge is 2.22. The van der Waals surface area contributed by atoms with E-state index in [0.29, 0.717) is 18.3 Å². The molecule has 5 heteroatoms. The molecule has 3 rings (SSSR count). The van der Waals surface area contributed by atoms with E-state index in [-0.39, 0.29) is 5.91 Å². The molecule has 1 aliphatic heterocycles. The van der Waals surface area contributed by atoms with Crippen LogP contribution in [0, 0.1) is 25.7 Å². The summed E-state index contributed by atoms with van der Waals surface area (Å²) >= 11 is 0. The Hall–Kier alpha value is -2.14. The Kier molecular flexibility index (Phi) is 5.53. The molecule has 0 spiro atoms. The second-order valence-electron chi connectivity index (χ2n) is 7.19. The van der Waals surface area contributed by atoms with Gasteiger partial charge in [-0.15, -0.1) is 0 Å². The van der Waals surface area contributed by atoms with Gasteiger partial charge in [0.2, 0.25) is 5.91 Å². The van der Waals surface area contributed by atoms with E-state index in [2.05, 4.69) is 22.7 Å². The van der Waals surface area contributed by atoms with Gasteiger partial charge in [-0.25, -0.2) is 4.68 Å². The molecule has 1 fully saturated rings. The number of aryl methyl sites for hydroxylation is 2. The number of amides is 1. The molecule has 2 unspecified atom stereocenters. The number of piperidine rings is 1. The van der Waals surface area contributed by atoms with Gasteiger partial charge < -0.3 is 10.6 Å². The Bertz CT molecular complexity index is 731. The molecule has 1 amide bonds.